The molecule has 28 heavy (non-hydrogen) atoms. The molecule has 0 saturated carbocycles. The Kier molecular flexibility index (Phi) is 6.54. The SMILES string of the molecule is CO[C@H]1CNC[C@@H]1Nc1c(C(=O)N2C[C@@H](C)O[C@@H](C)C2)cc(Br)cc1[N+](=O)[O-]. The number of anilines is 1. The van der Waals surface area contributed by atoms with Crippen LogP contribution >= 0.6 is 15.9 Å². The number of amides is 1. The van der Waals surface area contributed by atoms with Gasteiger partial charge in [-0.05, 0) is 19.9 Å². The maximum Gasteiger partial charge on any atom is 0.294 e. The molecule has 0 aliphatic carbocycles. The molecule has 2 fully saturated rings. The Balaban J connectivity index is 1.99. The van der Waals surface area contributed by atoms with Gasteiger partial charge in [0.15, 0.2) is 0 Å². The summed E-state index contributed by atoms with van der Waals surface area (Å²) in [7, 11) is 1.60. The minimum Gasteiger partial charge on any atom is -0.378 e. The molecular formula is C18H25BrN4O5. The number of halogens is 1. The lowest BCUT2D eigenvalue weighted by Gasteiger charge is -2.35. The highest BCUT2D eigenvalue weighted by Gasteiger charge is 2.34. The lowest BCUT2D eigenvalue weighted by Crippen LogP contribution is -2.48. The van der Waals surface area contributed by atoms with Crippen molar-refractivity contribution in [2.45, 2.75) is 38.2 Å². The second-order valence-corrected chi connectivity index (χ2v) is 8.17. The zero-order valence-electron chi connectivity index (χ0n) is 16.1. The van der Waals surface area contributed by atoms with E-state index in [0.29, 0.717) is 30.7 Å². The number of hydrogen-bond donors (Lipinski definition) is 2. The second-order valence-electron chi connectivity index (χ2n) is 7.26. The van der Waals surface area contributed by atoms with Gasteiger partial charge in [0, 0.05) is 43.8 Å². The van der Waals surface area contributed by atoms with Crippen LogP contribution in [0, 0.1) is 10.1 Å². The molecule has 2 saturated heterocycles. The van der Waals surface area contributed by atoms with Crippen LogP contribution in [0.5, 0.6) is 0 Å². The third-order valence-corrected chi connectivity index (χ3v) is 5.47. The molecule has 154 valence electrons. The summed E-state index contributed by atoms with van der Waals surface area (Å²) in [6.07, 6.45) is -0.332. The Morgan fingerprint density at radius 1 is 1.36 bits per heavy atom. The first-order valence-electron chi connectivity index (χ1n) is 9.22. The molecule has 0 radical (unpaired) electrons. The number of nitrogens with zero attached hydrogens (tertiary/aromatic N) is 2. The summed E-state index contributed by atoms with van der Waals surface area (Å²) in [5.41, 5.74) is 0.346. The predicted molar refractivity (Wildman–Crippen MR) is 108 cm³/mol. The molecule has 1 amide bonds. The predicted octanol–water partition coefficient (Wildman–Crippen LogP) is 2.01. The fourth-order valence-corrected chi connectivity index (χ4v) is 4.25. The smallest absolute Gasteiger partial charge is 0.294 e. The van der Waals surface area contributed by atoms with Gasteiger partial charge in [-0.25, -0.2) is 0 Å². The third kappa shape index (κ3) is 4.45. The van der Waals surface area contributed by atoms with Gasteiger partial charge in [-0.15, -0.1) is 0 Å². The van der Waals surface area contributed by atoms with Crippen LogP contribution in [-0.4, -0.2) is 73.4 Å². The molecule has 4 atom stereocenters. The number of ether oxygens (including phenoxy) is 2. The molecule has 2 aliphatic heterocycles. The topological polar surface area (TPSA) is 106 Å². The Labute approximate surface area is 172 Å². The van der Waals surface area contributed by atoms with Crippen LogP contribution in [0.3, 0.4) is 0 Å². The fraction of sp³-hybridized carbons (Fsp3) is 0.611. The van der Waals surface area contributed by atoms with Gasteiger partial charge < -0.3 is 25.0 Å². The quantitative estimate of drug-likeness (QED) is 0.515. The van der Waals surface area contributed by atoms with E-state index in [0.717, 1.165) is 0 Å². The van der Waals surface area contributed by atoms with Crippen LogP contribution in [0.4, 0.5) is 11.4 Å². The molecule has 2 heterocycles. The molecule has 10 heteroatoms. The van der Waals surface area contributed by atoms with Crippen LogP contribution in [-0.2, 0) is 9.47 Å². The van der Waals surface area contributed by atoms with Crippen molar-refractivity contribution in [2.75, 3.05) is 38.6 Å². The molecular weight excluding hydrogens is 432 g/mol. The van der Waals surface area contributed by atoms with Crippen molar-refractivity contribution < 1.29 is 19.2 Å². The Bertz CT molecular complexity index is 752. The van der Waals surface area contributed by atoms with E-state index in [9.17, 15) is 14.9 Å². The van der Waals surface area contributed by atoms with E-state index < -0.39 is 4.92 Å². The number of nitro groups is 1. The monoisotopic (exact) mass is 456 g/mol. The average molecular weight is 457 g/mol. The van der Waals surface area contributed by atoms with Crippen molar-refractivity contribution in [2.24, 2.45) is 0 Å². The highest BCUT2D eigenvalue weighted by atomic mass is 79.9. The van der Waals surface area contributed by atoms with Crippen LogP contribution in [0.25, 0.3) is 0 Å². The molecule has 0 unspecified atom stereocenters. The number of methoxy groups -OCH3 is 1. The number of rotatable bonds is 5. The van der Waals surface area contributed by atoms with Crippen molar-refractivity contribution in [3.8, 4) is 0 Å². The fourth-order valence-electron chi connectivity index (χ4n) is 3.80. The van der Waals surface area contributed by atoms with Gasteiger partial charge in [0.25, 0.3) is 11.6 Å². The molecule has 2 aliphatic rings. The maximum absolute atomic E-state index is 13.3. The summed E-state index contributed by atoms with van der Waals surface area (Å²) in [5, 5.41) is 18.1. The van der Waals surface area contributed by atoms with Crippen molar-refractivity contribution in [1.29, 1.82) is 0 Å². The number of carbonyl (C=O) groups is 1. The van der Waals surface area contributed by atoms with Crippen molar-refractivity contribution in [3.05, 3.63) is 32.3 Å². The summed E-state index contributed by atoms with van der Waals surface area (Å²) in [4.78, 5) is 26.2. The second kappa shape index (κ2) is 8.73. The van der Waals surface area contributed by atoms with E-state index in [4.69, 9.17) is 9.47 Å². The number of carbonyl (C=O) groups excluding carboxylic acids is 1. The van der Waals surface area contributed by atoms with Crippen LogP contribution in [0.15, 0.2) is 16.6 Å². The van der Waals surface area contributed by atoms with E-state index in [-0.39, 0.29) is 47.2 Å². The van der Waals surface area contributed by atoms with Gasteiger partial charge in [0.2, 0.25) is 0 Å². The normalized spacial score (nSPS) is 27.6. The molecule has 0 spiro atoms. The van der Waals surface area contributed by atoms with E-state index in [1.54, 1.807) is 18.1 Å². The van der Waals surface area contributed by atoms with Gasteiger partial charge in [0.1, 0.15) is 5.69 Å². The summed E-state index contributed by atoms with van der Waals surface area (Å²) >= 11 is 3.31. The molecule has 9 nitrogen and oxygen atoms in total. The minimum atomic E-state index is -0.474. The van der Waals surface area contributed by atoms with Gasteiger partial charge in [-0.3, -0.25) is 14.9 Å². The summed E-state index contributed by atoms with van der Waals surface area (Å²) < 4.78 is 11.6. The molecule has 0 bridgehead atoms. The van der Waals surface area contributed by atoms with Crippen molar-refractivity contribution in [3.63, 3.8) is 0 Å². The first-order chi connectivity index (χ1) is 13.3. The minimum absolute atomic E-state index is 0.0943. The van der Waals surface area contributed by atoms with Gasteiger partial charge in [-0.1, -0.05) is 15.9 Å². The first-order valence-corrected chi connectivity index (χ1v) is 10.0. The Morgan fingerprint density at radius 2 is 2.04 bits per heavy atom. The van der Waals surface area contributed by atoms with Crippen LogP contribution < -0.4 is 10.6 Å². The largest absolute Gasteiger partial charge is 0.378 e. The molecule has 3 rings (SSSR count). The summed E-state index contributed by atoms with van der Waals surface area (Å²) in [6.45, 7) is 5.92. The van der Waals surface area contributed by atoms with E-state index in [1.165, 1.54) is 6.07 Å². The lowest BCUT2D eigenvalue weighted by atomic mass is 10.1. The zero-order chi connectivity index (χ0) is 20.4. The number of benzene rings is 1. The third-order valence-electron chi connectivity index (χ3n) is 5.01. The zero-order valence-corrected chi connectivity index (χ0v) is 17.7. The number of morpholine rings is 1. The number of hydrogen-bond acceptors (Lipinski definition) is 7. The summed E-state index contributed by atoms with van der Waals surface area (Å²) in [5.74, 6) is -0.256. The molecule has 1 aromatic rings. The van der Waals surface area contributed by atoms with Gasteiger partial charge >= 0.3 is 0 Å². The van der Waals surface area contributed by atoms with Crippen molar-refractivity contribution in [1.82, 2.24) is 10.2 Å². The standard InChI is InChI=1S/C18H25BrN4O5/c1-10-8-22(9-11(2)28-10)18(24)13-4-12(19)5-15(23(25)26)17(13)21-14-6-20-7-16(14)27-3/h4-5,10-11,14,16,20-21H,6-9H2,1-3H3/t10-,11+,14-,16-/m0/s1. The Morgan fingerprint density at radius 3 is 2.64 bits per heavy atom. The van der Waals surface area contributed by atoms with E-state index >= 15 is 0 Å². The average Bonchev–Trinajstić information content (AvgIpc) is 3.08. The molecule has 0 aromatic heterocycles. The molecule has 2 N–H and O–H groups in total. The van der Waals surface area contributed by atoms with Gasteiger partial charge in [-0.2, -0.15) is 0 Å². The lowest BCUT2D eigenvalue weighted by molar-refractivity contribution is -0.384. The number of nitro benzene ring substituents is 1. The number of nitrogens with one attached hydrogen (secondary N) is 2. The highest BCUT2D eigenvalue weighted by Crippen LogP contribution is 2.35. The molecule has 1 aromatic carbocycles. The van der Waals surface area contributed by atoms with E-state index in [2.05, 4.69) is 26.6 Å². The van der Waals surface area contributed by atoms with Crippen LogP contribution in [0.2, 0.25) is 0 Å². The maximum atomic E-state index is 13.3. The van der Waals surface area contributed by atoms with E-state index in [1.807, 2.05) is 13.8 Å². The first kappa shape index (κ1) is 21.0. The van der Waals surface area contributed by atoms with Crippen molar-refractivity contribution >= 4 is 33.2 Å². The van der Waals surface area contributed by atoms with Crippen LogP contribution in [0.1, 0.15) is 24.2 Å². The summed E-state index contributed by atoms with van der Waals surface area (Å²) in [6, 6.07) is 2.86. The Hall–Kier alpha value is -1.75. The highest BCUT2D eigenvalue weighted by molar-refractivity contribution is 9.10. The van der Waals surface area contributed by atoms with Gasteiger partial charge in [0.05, 0.1) is 34.8 Å².